The Kier molecular flexibility index (Phi) is 3.19. The summed E-state index contributed by atoms with van der Waals surface area (Å²) < 4.78 is 1.76. The van der Waals surface area contributed by atoms with Crippen molar-refractivity contribution < 1.29 is 4.79 Å². The van der Waals surface area contributed by atoms with E-state index in [2.05, 4.69) is 10.4 Å². The fourth-order valence-corrected chi connectivity index (χ4v) is 2.31. The second kappa shape index (κ2) is 4.49. The summed E-state index contributed by atoms with van der Waals surface area (Å²) in [4.78, 5) is 12.1. The lowest BCUT2D eigenvalue weighted by Crippen LogP contribution is -2.50. The largest absolute Gasteiger partial charge is 0.351 e. The van der Waals surface area contributed by atoms with Gasteiger partial charge < -0.3 is 11.1 Å². The van der Waals surface area contributed by atoms with Crippen molar-refractivity contribution in [3.05, 3.63) is 17.5 Å². The number of carbonyl (C=O) groups is 1. The number of aromatic nitrogens is 2. The van der Waals surface area contributed by atoms with Gasteiger partial charge in [0.25, 0.3) is 0 Å². The van der Waals surface area contributed by atoms with E-state index in [1.807, 2.05) is 20.2 Å². The lowest BCUT2D eigenvalue weighted by atomic mass is 9.68. The van der Waals surface area contributed by atoms with Gasteiger partial charge >= 0.3 is 0 Å². The number of hydrogen-bond donors (Lipinski definition) is 2. The third-order valence-corrected chi connectivity index (χ3v) is 3.74. The Hall–Kier alpha value is -1.36. The van der Waals surface area contributed by atoms with Crippen LogP contribution in [0.5, 0.6) is 0 Å². The van der Waals surface area contributed by atoms with Gasteiger partial charge in [-0.1, -0.05) is 6.42 Å². The van der Waals surface area contributed by atoms with Crippen LogP contribution in [-0.4, -0.2) is 22.2 Å². The van der Waals surface area contributed by atoms with Gasteiger partial charge in [-0.25, -0.2) is 0 Å². The zero-order valence-corrected chi connectivity index (χ0v) is 10.5. The Morgan fingerprint density at radius 2 is 2.35 bits per heavy atom. The maximum Gasteiger partial charge on any atom is 0.227 e. The summed E-state index contributed by atoms with van der Waals surface area (Å²) in [5.74, 6) is 0.0921. The second-order valence-electron chi connectivity index (χ2n) is 4.93. The molecule has 94 valence electrons. The molecular formula is C12H20N4O. The van der Waals surface area contributed by atoms with E-state index >= 15 is 0 Å². The first kappa shape index (κ1) is 12.1. The molecule has 1 amide bonds. The minimum Gasteiger partial charge on any atom is -0.351 e. The fourth-order valence-electron chi connectivity index (χ4n) is 2.31. The third kappa shape index (κ3) is 2.20. The summed E-state index contributed by atoms with van der Waals surface area (Å²) in [5.41, 5.74) is 7.42. The molecule has 0 atom stereocenters. The third-order valence-electron chi connectivity index (χ3n) is 3.74. The maximum atomic E-state index is 12.1. The zero-order chi connectivity index (χ0) is 12.5. The van der Waals surface area contributed by atoms with E-state index in [0.29, 0.717) is 13.1 Å². The molecule has 0 aromatic carbocycles. The Bertz CT molecular complexity index is 415. The van der Waals surface area contributed by atoms with E-state index < -0.39 is 0 Å². The minimum absolute atomic E-state index is 0.0921. The van der Waals surface area contributed by atoms with Crippen LogP contribution < -0.4 is 11.1 Å². The highest BCUT2D eigenvalue weighted by molar-refractivity contribution is 5.83. The van der Waals surface area contributed by atoms with Crippen molar-refractivity contribution in [3.63, 3.8) is 0 Å². The van der Waals surface area contributed by atoms with Crippen LogP contribution in [0, 0.1) is 12.3 Å². The molecule has 0 unspecified atom stereocenters. The van der Waals surface area contributed by atoms with Gasteiger partial charge in [-0.15, -0.1) is 0 Å². The smallest absolute Gasteiger partial charge is 0.227 e. The summed E-state index contributed by atoms with van der Waals surface area (Å²) in [6, 6.07) is 0. The molecule has 1 saturated carbocycles. The minimum atomic E-state index is -0.296. The highest BCUT2D eigenvalue weighted by Gasteiger charge is 2.42. The number of rotatable bonds is 4. The molecule has 0 saturated heterocycles. The summed E-state index contributed by atoms with van der Waals surface area (Å²) in [6.45, 7) is 2.94. The standard InChI is InChI=1S/C12H20N4O/c1-9-10(7-16(2)15-9)6-14-11(17)12(8-13)4-3-5-12/h7H,3-6,8,13H2,1-2H3,(H,14,17). The fraction of sp³-hybridized carbons (Fsp3) is 0.667. The number of amides is 1. The molecule has 0 spiro atoms. The normalized spacial score (nSPS) is 17.6. The molecule has 0 aliphatic heterocycles. The van der Waals surface area contributed by atoms with Gasteiger partial charge in [-0.05, 0) is 19.8 Å². The molecule has 17 heavy (non-hydrogen) atoms. The molecule has 2 rings (SSSR count). The van der Waals surface area contributed by atoms with Crippen LogP contribution in [0.15, 0.2) is 6.20 Å². The molecule has 1 heterocycles. The van der Waals surface area contributed by atoms with Gasteiger partial charge in [0.1, 0.15) is 0 Å². The van der Waals surface area contributed by atoms with Crippen molar-refractivity contribution in [3.8, 4) is 0 Å². The van der Waals surface area contributed by atoms with Crippen LogP contribution in [-0.2, 0) is 18.4 Å². The first-order valence-corrected chi connectivity index (χ1v) is 6.05. The van der Waals surface area contributed by atoms with Crippen molar-refractivity contribution in [2.45, 2.75) is 32.7 Å². The van der Waals surface area contributed by atoms with Gasteiger partial charge in [0.2, 0.25) is 5.91 Å². The Morgan fingerprint density at radius 1 is 1.65 bits per heavy atom. The van der Waals surface area contributed by atoms with Crippen LogP contribution in [0.3, 0.4) is 0 Å². The first-order chi connectivity index (χ1) is 8.07. The molecule has 0 radical (unpaired) electrons. The topological polar surface area (TPSA) is 72.9 Å². The monoisotopic (exact) mass is 236 g/mol. The SMILES string of the molecule is Cc1nn(C)cc1CNC(=O)C1(CN)CCC1. The van der Waals surface area contributed by atoms with E-state index in [1.54, 1.807) is 4.68 Å². The Balaban J connectivity index is 1.94. The van der Waals surface area contributed by atoms with Crippen LogP contribution in [0.25, 0.3) is 0 Å². The quantitative estimate of drug-likeness (QED) is 0.798. The number of nitrogens with one attached hydrogen (secondary N) is 1. The maximum absolute atomic E-state index is 12.1. The molecule has 1 aromatic rings. The number of hydrogen-bond acceptors (Lipinski definition) is 3. The van der Waals surface area contributed by atoms with E-state index in [0.717, 1.165) is 30.5 Å². The number of carbonyl (C=O) groups excluding carboxylic acids is 1. The second-order valence-corrected chi connectivity index (χ2v) is 4.93. The van der Waals surface area contributed by atoms with Crippen molar-refractivity contribution >= 4 is 5.91 Å². The van der Waals surface area contributed by atoms with Crippen LogP contribution in [0.1, 0.15) is 30.5 Å². The van der Waals surface area contributed by atoms with Gasteiger partial charge in [0.05, 0.1) is 11.1 Å². The molecule has 1 aromatic heterocycles. The average molecular weight is 236 g/mol. The van der Waals surface area contributed by atoms with E-state index in [1.165, 1.54) is 0 Å². The highest BCUT2D eigenvalue weighted by atomic mass is 16.2. The van der Waals surface area contributed by atoms with Crippen molar-refractivity contribution in [2.24, 2.45) is 18.2 Å². The summed E-state index contributed by atoms with van der Waals surface area (Å²) in [7, 11) is 1.88. The average Bonchev–Trinajstić information content (AvgIpc) is 2.53. The Morgan fingerprint density at radius 3 is 2.76 bits per heavy atom. The van der Waals surface area contributed by atoms with Gasteiger partial charge in [-0.2, -0.15) is 5.10 Å². The van der Waals surface area contributed by atoms with E-state index in [4.69, 9.17) is 5.73 Å². The molecule has 1 aliphatic rings. The van der Waals surface area contributed by atoms with E-state index in [-0.39, 0.29) is 11.3 Å². The van der Waals surface area contributed by atoms with Gasteiger partial charge in [0, 0.05) is 31.9 Å². The van der Waals surface area contributed by atoms with Crippen LogP contribution >= 0.6 is 0 Å². The predicted molar refractivity (Wildman–Crippen MR) is 65.1 cm³/mol. The van der Waals surface area contributed by atoms with Crippen LogP contribution in [0.2, 0.25) is 0 Å². The van der Waals surface area contributed by atoms with Crippen molar-refractivity contribution in [1.82, 2.24) is 15.1 Å². The summed E-state index contributed by atoms with van der Waals surface area (Å²) >= 11 is 0. The Labute approximate surface area is 101 Å². The summed E-state index contributed by atoms with van der Waals surface area (Å²) in [5, 5.41) is 7.22. The van der Waals surface area contributed by atoms with Gasteiger partial charge in [0.15, 0.2) is 0 Å². The predicted octanol–water partition coefficient (Wildman–Crippen LogP) is 0.474. The number of nitrogens with two attached hydrogens (primary N) is 1. The molecule has 3 N–H and O–H groups in total. The number of nitrogens with zero attached hydrogens (tertiary/aromatic N) is 2. The molecule has 1 aliphatic carbocycles. The van der Waals surface area contributed by atoms with Crippen LogP contribution in [0.4, 0.5) is 0 Å². The zero-order valence-electron chi connectivity index (χ0n) is 10.5. The van der Waals surface area contributed by atoms with E-state index in [9.17, 15) is 4.79 Å². The van der Waals surface area contributed by atoms with Crippen molar-refractivity contribution in [1.29, 1.82) is 0 Å². The molecule has 1 fully saturated rings. The highest BCUT2D eigenvalue weighted by Crippen LogP contribution is 2.40. The van der Waals surface area contributed by atoms with Crippen molar-refractivity contribution in [2.75, 3.05) is 6.54 Å². The molecular weight excluding hydrogens is 216 g/mol. The first-order valence-electron chi connectivity index (χ1n) is 6.05. The molecule has 0 bridgehead atoms. The summed E-state index contributed by atoms with van der Waals surface area (Å²) in [6.07, 6.45) is 4.88. The lowest BCUT2D eigenvalue weighted by molar-refractivity contribution is -0.135. The molecule has 5 heteroatoms. The molecule has 5 nitrogen and oxygen atoms in total. The lowest BCUT2D eigenvalue weighted by Gasteiger charge is -2.39. The number of aryl methyl sites for hydroxylation is 2. The van der Waals surface area contributed by atoms with Gasteiger partial charge in [-0.3, -0.25) is 9.48 Å².